The van der Waals surface area contributed by atoms with Crippen molar-refractivity contribution < 1.29 is 27.4 Å². The van der Waals surface area contributed by atoms with Gasteiger partial charge in [-0.05, 0) is 35.2 Å². The lowest BCUT2D eigenvalue weighted by atomic mass is 10.1. The number of rotatable bonds is 9. The van der Waals surface area contributed by atoms with Gasteiger partial charge in [0, 0.05) is 38.5 Å². The van der Waals surface area contributed by atoms with Crippen LogP contribution in [-0.2, 0) is 24.1 Å². The van der Waals surface area contributed by atoms with Crippen LogP contribution in [0, 0.1) is 11.8 Å². The maximum absolute atomic E-state index is 13.3. The molecule has 1 N–H and O–H groups in total. The normalized spacial score (nSPS) is 14.5. The maximum Gasteiger partial charge on any atom is 0.416 e. The lowest BCUT2D eigenvalue weighted by Gasteiger charge is -2.28. The Morgan fingerprint density at radius 1 is 1.14 bits per heavy atom. The van der Waals surface area contributed by atoms with E-state index in [-0.39, 0.29) is 30.5 Å². The van der Waals surface area contributed by atoms with Crippen molar-refractivity contribution in [2.75, 3.05) is 26.3 Å². The molecule has 1 amide bonds. The van der Waals surface area contributed by atoms with Gasteiger partial charge in [0.05, 0.1) is 23.8 Å². The number of hydrogen-bond acceptors (Lipinski definition) is 4. The summed E-state index contributed by atoms with van der Waals surface area (Å²) in [5.41, 5.74) is 0.312. The van der Waals surface area contributed by atoms with Crippen molar-refractivity contribution in [1.82, 2.24) is 10.2 Å². The predicted octanol–water partition coefficient (Wildman–Crippen LogP) is 5.93. The summed E-state index contributed by atoms with van der Waals surface area (Å²) in [6, 6.07) is 9.09. The predicted molar refractivity (Wildman–Crippen MR) is 130 cm³/mol. The fourth-order valence-corrected chi connectivity index (χ4v) is 4.33. The number of carbonyl (C=O) groups excluding carboxylic acids is 1. The highest BCUT2D eigenvalue weighted by molar-refractivity contribution is 6.32. The monoisotopic (exact) mass is 512 g/mol. The number of amides is 1. The molecular weight excluding hydrogens is 481 g/mol. The summed E-state index contributed by atoms with van der Waals surface area (Å²) in [5, 5.41) is 3.46. The smallest absolute Gasteiger partial charge is 0.416 e. The Labute approximate surface area is 209 Å². The number of hydrogen-bond donors (Lipinski definition) is 1. The van der Waals surface area contributed by atoms with E-state index in [2.05, 4.69) is 5.32 Å². The molecule has 0 aromatic heterocycles. The fraction of sp³-hybridized carbons (Fsp3) is 0.500. The maximum atomic E-state index is 13.3. The van der Waals surface area contributed by atoms with Gasteiger partial charge in [-0.2, -0.15) is 13.2 Å². The number of nitrogens with zero attached hydrogens (tertiary/aromatic N) is 1. The Bertz CT molecular complexity index is 1010. The number of alkyl halides is 3. The SMILES string of the molecule is CC(C)CN(Cc1cc(Cl)c2c(c1)OCCCO2)C(=O)C(C)CNCc1ccccc1C(F)(F)F. The van der Waals surface area contributed by atoms with E-state index in [1.807, 2.05) is 19.9 Å². The van der Waals surface area contributed by atoms with Gasteiger partial charge in [-0.25, -0.2) is 0 Å². The quantitative estimate of drug-likeness (QED) is 0.452. The molecule has 0 radical (unpaired) electrons. The molecule has 0 saturated carbocycles. The van der Waals surface area contributed by atoms with Gasteiger partial charge in [0.15, 0.2) is 11.5 Å². The summed E-state index contributed by atoms with van der Waals surface area (Å²) >= 11 is 6.42. The van der Waals surface area contributed by atoms with Crippen molar-refractivity contribution in [1.29, 1.82) is 0 Å². The van der Waals surface area contributed by atoms with Gasteiger partial charge < -0.3 is 19.7 Å². The van der Waals surface area contributed by atoms with Crippen LogP contribution >= 0.6 is 11.6 Å². The van der Waals surface area contributed by atoms with Crippen molar-refractivity contribution in [2.45, 2.75) is 46.5 Å². The number of nitrogens with one attached hydrogen (secondary N) is 1. The Kier molecular flexibility index (Phi) is 9.30. The molecular formula is C26H32ClF3N2O3. The third-order valence-electron chi connectivity index (χ3n) is 5.64. The van der Waals surface area contributed by atoms with Gasteiger partial charge in [0.2, 0.25) is 5.91 Å². The van der Waals surface area contributed by atoms with Gasteiger partial charge in [0.1, 0.15) is 0 Å². The summed E-state index contributed by atoms with van der Waals surface area (Å²) < 4.78 is 51.2. The molecule has 3 rings (SSSR count). The molecule has 1 heterocycles. The fourth-order valence-electron chi connectivity index (χ4n) is 4.04. The van der Waals surface area contributed by atoms with Gasteiger partial charge >= 0.3 is 6.18 Å². The second-order valence-corrected chi connectivity index (χ2v) is 9.66. The molecule has 0 aliphatic carbocycles. The number of fused-ring (bicyclic) bond motifs is 1. The number of carbonyl (C=O) groups is 1. The zero-order chi connectivity index (χ0) is 25.6. The van der Waals surface area contributed by atoms with Crippen LogP contribution in [0.25, 0.3) is 0 Å². The molecule has 0 fully saturated rings. The van der Waals surface area contributed by atoms with Crippen molar-refractivity contribution in [2.24, 2.45) is 11.8 Å². The van der Waals surface area contributed by atoms with Crippen molar-refractivity contribution in [3.63, 3.8) is 0 Å². The molecule has 2 aromatic rings. The van der Waals surface area contributed by atoms with Gasteiger partial charge in [-0.1, -0.05) is 50.6 Å². The van der Waals surface area contributed by atoms with E-state index < -0.39 is 17.7 Å². The molecule has 0 bridgehead atoms. The molecule has 2 aromatic carbocycles. The molecule has 1 aliphatic rings. The Morgan fingerprint density at radius 2 is 1.86 bits per heavy atom. The van der Waals surface area contributed by atoms with Crippen LogP contribution in [0.15, 0.2) is 36.4 Å². The molecule has 1 aliphatic heterocycles. The first-order valence-corrected chi connectivity index (χ1v) is 12.2. The van der Waals surface area contributed by atoms with Gasteiger partial charge in [-0.15, -0.1) is 0 Å². The van der Waals surface area contributed by atoms with Crippen LogP contribution < -0.4 is 14.8 Å². The van der Waals surface area contributed by atoms with Gasteiger partial charge in [-0.3, -0.25) is 4.79 Å². The lowest BCUT2D eigenvalue weighted by molar-refractivity contribution is -0.138. The van der Waals surface area contributed by atoms with Gasteiger partial charge in [0.25, 0.3) is 0 Å². The second-order valence-electron chi connectivity index (χ2n) is 9.25. The molecule has 1 unspecified atom stereocenters. The van der Waals surface area contributed by atoms with E-state index >= 15 is 0 Å². The van der Waals surface area contributed by atoms with Crippen LogP contribution in [0.2, 0.25) is 5.02 Å². The minimum Gasteiger partial charge on any atom is -0.489 e. The highest BCUT2D eigenvalue weighted by Gasteiger charge is 2.32. The molecule has 5 nitrogen and oxygen atoms in total. The Hall–Kier alpha value is -2.45. The zero-order valence-corrected chi connectivity index (χ0v) is 21.0. The van der Waals surface area contributed by atoms with E-state index in [4.69, 9.17) is 21.1 Å². The number of ether oxygens (including phenoxy) is 2. The molecule has 0 spiro atoms. The highest BCUT2D eigenvalue weighted by Crippen LogP contribution is 2.38. The van der Waals surface area contributed by atoms with Crippen LogP contribution in [0.5, 0.6) is 11.5 Å². The second kappa shape index (κ2) is 12.0. The third-order valence-corrected chi connectivity index (χ3v) is 5.92. The van der Waals surface area contributed by atoms with Crippen LogP contribution in [0.1, 0.15) is 43.9 Å². The molecule has 1 atom stereocenters. The first kappa shape index (κ1) is 27.1. The van der Waals surface area contributed by atoms with Crippen LogP contribution in [-0.4, -0.2) is 37.1 Å². The average Bonchev–Trinajstić information content (AvgIpc) is 3.03. The zero-order valence-electron chi connectivity index (χ0n) is 20.3. The van der Waals surface area contributed by atoms with E-state index in [0.29, 0.717) is 42.8 Å². The molecule has 35 heavy (non-hydrogen) atoms. The summed E-state index contributed by atoms with van der Waals surface area (Å²) in [6.45, 7) is 8.04. The first-order valence-electron chi connectivity index (χ1n) is 11.8. The number of halogens is 4. The molecule has 0 saturated heterocycles. The summed E-state index contributed by atoms with van der Waals surface area (Å²) in [4.78, 5) is 15.1. The Balaban J connectivity index is 1.67. The van der Waals surface area contributed by atoms with E-state index in [1.165, 1.54) is 12.1 Å². The minimum absolute atomic E-state index is 0.0231. The summed E-state index contributed by atoms with van der Waals surface area (Å²) in [7, 11) is 0. The average molecular weight is 513 g/mol. The van der Waals surface area contributed by atoms with Crippen LogP contribution in [0.4, 0.5) is 13.2 Å². The Morgan fingerprint density at radius 3 is 2.57 bits per heavy atom. The van der Waals surface area contributed by atoms with E-state index in [9.17, 15) is 18.0 Å². The van der Waals surface area contributed by atoms with Crippen LogP contribution in [0.3, 0.4) is 0 Å². The minimum atomic E-state index is -4.42. The molecule has 9 heteroatoms. The largest absolute Gasteiger partial charge is 0.489 e. The topological polar surface area (TPSA) is 50.8 Å². The third kappa shape index (κ3) is 7.51. The van der Waals surface area contributed by atoms with Crippen molar-refractivity contribution in [3.05, 3.63) is 58.1 Å². The highest BCUT2D eigenvalue weighted by atomic mass is 35.5. The summed E-state index contributed by atoms with van der Waals surface area (Å²) in [5.74, 6) is 0.807. The standard InChI is InChI=1S/C26H32ClF3N2O3/c1-17(2)15-32(16-19-11-22(27)24-23(12-19)34-9-6-10-35-24)25(33)18(3)13-31-14-20-7-4-5-8-21(20)26(28,29)30/h4-5,7-8,11-12,17-18,31H,6,9-10,13-16H2,1-3H3. The van der Waals surface area contributed by atoms with E-state index in [0.717, 1.165) is 18.1 Å². The number of benzene rings is 2. The van der Waals surface area contributed by atoms with Crippen molar-refractivity contribution in [3.8, 4) is 11.5 Å². The van der Waals surface area contributed by atoms with E-state index in [1.54, 1.807) is 24.0 Å². The van der Waals surface area contributed by atoms with Crippen molar-refractivity contribution >= 4 is 17.5 Å². The lowest BCUT2D eigenvalue weighted by Crippen LogP contribution is -2.40. The first-order chi connectivity index (χ1) is 16.6. The molecule has 192 valence electrons. The summed E-state index contributed by atoms with van der Waals surface area (Å²) in [6.07, 6.45) is -3.66.